The van der Waals surface area contributed by atoms with Crippen molar-refractivity contribution >= 4 is 11.6 Å². The van der Waals surface area contributed by atoms with Crippen LogP contribution in [0.1, 0.15) is 44.1 Å². The van der Waals surface area contributed by atoms with Crippen LogP contribution < -0.4 is 0 Å². The van der Waals surface area contributed by atoms with Gasteiger partial charge in [0.05, 0.1) is 11.3 Å². The molecule has 3 rings (SSSR count). The third kappa shape index (κ3) is 4.18. The Kier molecular flexibility index (Phi) is 5.68. The Morgan fingerprint density at radius 3 is 2.68 bits per heavy atom. The van der Waals surface area contributed by atoms with Crippen LogP contribution >= 0.6 is 0 Å². The van der Waals surface area contributed by atoms with Crippen molar-refractivity contribution in [1.82, 2.24) is 9.80 Å². The minimum absolute atomic E-state index is 0.0422. The van der Waals surface area contributed by atoms with Crippen LogP contribution in [0, 0.1) is 10.1 Å². The summed E-state index contributed by atoms with van der Waals surface area (Å²) in [4.78, 5) is 27.8. The maximum Gasteiger partial charge on any atom is 0.269 e. The monoisotopic (exact) mass is 345 g/mol. The first-order valence-corrected chi connectivity index (χ1v) is 9.29. The van der Waals surface area contributed by atoms with Gasteiger partial charge in [0.25, 0.3) is 5.69 Å². The molecule has 0 bridgehead atoms. The van der Waals surface area contributed by atoms with Crippen LogP contribution in [0.25, 0.3) is 0 Å². The lowest BCUT2D eigenvalue weighted by Gasteiger charge is -2.42. The molecule has 1 aromatic carbocycles. The molecule has 136 valence electrons. The van der Waals surface area contributed by atoms with E-state index in [9.17, 15) is 14.9 Å². The predicted octanol–water partition coefficient (Wildman–Crippen LogP) is 3.00. The van der Waals surface area contributed by atoms with Gasteiger partial charge in [0, 0.05) is 31.3 Å². The van der Waals surface area contributed by atoms with Crippen LogP contribution in [0.5, 0.6) is 0 Å². The van der Waals surface area contributed by atoms with E-state index in [1.165, 1.54) is 44.2 Å². The highest BCUT2D eigenvalue weighted by atomic mass is 16.6. The molecule has 2 atom stereocenters. The Bertz CT molecular complexity index is 628. The van der Waals surface area contributed by atoms with Crippen LogP contribution in [0.3, 0.4) is 0 Å². The molecule has 1 heterocycles. The predicted molar refractivity (Wildman–Crippen MR) is 96.4 cm³/mol. The number of nitro benzene ring substituents is 1. The van der Waals surface area contributed by atoms with E-state index in [-0.39, 0.29) is 24.1 Å². The normalized spacial score (nSPS) is 24.2. The van der Waals surface area contributed by atoms with Gasteiger partial charge >= 0.3 is 0 Å². The summed E-state index contributed by atoms with van der Waals surface area (Å²) in [5, 5.41) is 10.9. The van der Waals surface area contributed by atoms with Gasteiger partial charge in [-0.25, -0.2) is 0 Å². The molecular formula is C19H27N3O3. The molecule has 25 heavy (non-hydrogen) atoms. The average molecular weight is 345 g/mol. The van der Waals surface area contributed by atoms with Crippen LogP contribution in [0.2, 0.25) is 0 Å². The zero-order valence-corrected chi connectivity index (χ0v) is 14.9. The second-order valence-electron chi connectivity index (χ2n) is 7.27. The van der Waals surface area contributed by atoms with Gasteiger partial charge in [-0.15, -0.1) is 0 Å². The van der Waals surface area contributed by atoms with E-state index in [1.54, 1.807) is 12.1 Å². The summed E-state index contributed by atoms with van der Waals surface area (Å²) in [7, 11) is 1.90. The highest BCUT2D eigenvalue weighted by molar-refractivity contribution is 5.79. The minimum Gasteiger partial charge on any atom is -0.341 e. The lowest BCUT2D eigenvalue weighted by molar-refractivity contribution is -0.384. The van der Waals surface area contributed by atoms with Crippen LogP contribution in [0.15, 0.2) is 24.3 Å². The van der Waals surface area contributed by atoms with Crippen LogP contribution in [-0.4, -0.2) is 52.9 Å². The second kappa shape index (κ2) is 7.95. The molecule has 1 saturated carbocycles. The standard InChI is InChI=1S/C19H27N3O3/c1-20(17-9-2-3-10-18(17)21-11-4-5-12-21)19(23)14-15-7-6-8-16(13-15)22(24)25/h6-8,13,17-18H,2-5,9-12,14H2,1H3/t17-,18+/m1/s1. The number of nitrogens with zero attached hydrogens (tertiary/aromatic N) is 3. The van der Waals surface area contributed by atoms with Gasteiger partial charge in [0.15, 0.2) is 0 Å². The van der Waals surface area contributed by atoms with Crippen molar-refractivity contribution in [2.24, 2.45) is 0 Å². The number of hydrogen-bond donors (Lipinski definition) is 0. The van der Waals surface area contributed by atoms with Crippen LogP contribution in [0.4, 0.5) is 5.69 Å². The summed E-state index contributed by atoms with van der Waals surface area (Å²) in [5.41, 5.74) is 0.750. The molecular weight excluding hydrogens is 318 g/mol. The summed E-state index contributed by atoms with van der Waals surface area (Å²) in [6.45, 7) is 2.29. The van der Waals surface area contributed by atoms with Crippen LogP contribution in [-0.2, 0) is 11.2 Å². The number of amides is 1. The SMILES string of the molecule is CN(C(=O)Cc1cccc([N+](=O)[O-])c1)[C@@H]1CCCC[C@@H]1N1CCCC1. The summed E-state index contributed by atoms with van der Waals surface area (Å²) in [5.74, 6) is 0.0524. The second-order valence-corrected chi connectivity index (χ2v) is 7.27. The number of non-ortho nitro benzene ring substituents is 1. The van der Waals surface area contributed by atoms with E-state index < -0.39 is 4.92 Å². The van der Waals surface area contributed by atoms with Gasteiger partial charge in [0.1, 0.15) is 0 Å². The average Bonchev–Trinajstić information content (AvgIpc) is 3.15. The Morgan fingerprint density at radius 1 is 1.24 bits per heavy atom. The van der Waals surface area contributed by atoms with E-state index in [0.29, 0.717) is 11.6 Å². The van der Waals surface area contributed by atoms with E-state index in [0.717, 1.165) is 19.5 Å². The van der Waals surface area contributed by atoms with E-state index in [4.69, 9.17) is 0 Å². The highest BCUT2D eigenvalue weighted by Crippen LogP contribution is 2.29. The number of rotatable bonds is 5. The number of benzene rings is 1. The molecule has 1 aromatic rings. The summed E-state index contributed by atoms with van der Waals surface area (Å²) >= 11 is 0. The smallest absolute Gasteiger partial charge is 0.269 e. The molecule has 0 N–H and O–H groups in total. The molecule has 6 nitrogen and oxygen atoms in total. The molecule has 1 aliphatic heterocycles. The number of hydrogen-bond acceptors (Lipinski definition) is 4. The Balaban J connectivity index is 1.68. The van der Waals surface area contributed by atoms with Gasteiger partial charge in [0.2, 0.25) is 5.91 Å². The third-order valence-electron chi connectivity index (χ3n) is 5.67. The molecule has 6 heteroatoms. The lowest BCUT2D eigenvalue weighted by Crippen LogP contribution is -2.53. The van der Waals surface area contributed by atoms with Crippen molar-refractivity contribution < 1.29 is 9.72 Å². The van der Waals surface area contributed by atoms with E-state index in [1.807, 2.05) is 11.9 Å². The number of carbonyl (C=O) groups is 1. The first kappa shape index (κ1) is 17.9. The first-order chi connectivity index (χ1) is 12.1. The van der Waals surface area contributed by atoms with Crippen molar-refractivity contribution in [3.8, 4) is 0 Å². The molecule has 0 spiro atoms. The minimum atomic E-state index is -0.414. The van der Waals surface area contributed by atoms with Crippen molar-refractivity contribution in [2.45, 2.75) is 57.0 Å². The van der Waals surface area contributed by atoms with Gasteiger partial charge in [-0.1, -0.05) is 25.0 Å². The fourth-order valence-corrected chi connectivity index (χ4v) is 4.31. The molecule has 1 saturated heterocycles. The van der Waals surface area contributed by atoms with Crippen molar-refractivity contribution in [2.75, 3.05) is 20.1 Å². The molecule has 2 aliphatic rings. The van der Waals surface area contributed by atoms with Gasteiger partial charge < -0.3 is 4.90 Å². The fourth-order valence-electron chi connectivity index (χ4n) is 4.31. The molecule has 0 radical (unpaired) electrons. The largest absolute Gasteiger partial charge is 0.341 e. The van der Waals surface area contributed by atoms with E-state index >= 15 is 0 Å². The number of nitro groups is 1. The molecule has 1 aliphatic carbocycles. The Labute approximate surface area is 148 Å². The molecule has 2 fully saturated rings. The molecule has 1 amide bonds. The maximum atomic E-state index is 12.8. The van der Waals surface area contributed by atoms with Gasteiger partial charge in [-0.05, 0) is 44.3 Å². The van der Waals surface area contributed by atoms with E-state index in [2.05, 4.69) is 4.90 Å². The topological polar surface area (TPSA) is 66.7 Å². The molecule has 0 unspecified atom stereocenters. The van der Waals surface area contributed by atoms with Crippen molar-refractivity contribution in [3.05, 3.63) is 39.9 Å². The number of likely N-dealkylation sites (tertiary alicyclic amines) is 1. The maximum absolute atomic E-state index is 12.8. The fraction of sp³-hybridized carbons (Fsp3) is 0.632. The summed E-state index contributed by atoms with van der Waals surface area (Å²) in [6.07, 6.45) is 7.37. The first-order valence-electron chi connectivity index (χ1n) is 9.29. The third-order valence-corrected chi connectivity index (χ3v) is 5.67. The van der Waals surface area contributed by atoms with Gasteiger partial charge in [-0.3, -0.25) is 19.8 Å². The van der Waals surface area contributed by atoms with Crippen molar-refractivity contribution in [1.29, 1.82) is 0 Å². The quantitative estimate of drug-likeness (QED) is 0.608. The number of likely N-dealkylation sites (N-methyl/N-ethyl adjacent to an activating group) is 1. The molecule has 0 aromatic heterocycles. The Morgan fingerprint density at radius 2 is 1.96 bits per heavy atom. The summed E-state index contributed by atoms with van der Waals surface area (Å²) in [6, 6.07) is 7.13. The number of carbonyl (C=O) groups excluding carboxylic acids is 1. The zero-order valence-electron chi connectivity index (χ0n) is 14.9. The van der Waals surface area contributed by atoms with Gasteiger partial charge in [-0.2, -0.15) is 0 Å². The Hall–Kier alpha value is -1.95. The highest BCUT2D eigenvalue weighted by Gasteiger charge is 2.35. The summed E-state index contributed by atoms with van der Waals surface area (Å²) < 4.78 is 0. The van der Waals surface area contributed by atoms with Crippen molar-refractivity contribution in [3.63, 3.8) is 0 Å². The zero-order chi connectivity index (χ0) is 17.8. The lowest BCUT2D eigenvalue weighted by atomic mass is 9.88.